The Morgan fingerprint density at radius 3 is 1.47 bits per heavy atom. The summed E-state index contributed by atoms with van der Waals surface area (Å²) in [7, 11) is -1.43. The lowest BCUT2D eigenvalue weighted by molar-refractivity contribution is 0.368. The summed E-state index contributed by atoms with van der Waals surface area (Å²) in [4.78, 5) is 0. The summed E-state index contributed by atoms with van der Waals surface area (Å²) in [6.45, 7) is 11.2. The molecule has 0 fully saturated rings. The van der Waals surface area contributed by atoms with Crippen LogP contribution in [0.25, 0.3) is 0 Å². The van der Waals surface area contributed by atoms with Crippen LogP contribution in [0, 0.1) is 6.61 Å². The summed E-state index contributed by atoms with van der Waals surface area (Å²) in [6, 6.07) is 4.12. The van der Waals surface area contributed by atoms with Gasteiger partial charge in [0.05, 0.1) is 6.61 Å². The van der Waals surface area contributed by atoms with Crippen molar-refractivity contribution in [3.8, 4) is 0 Å². The molecule has 0 amide bonds. The summed E-state index contributed by atoms with van der Waals surface area (Å²) in [5, 5.41) is 0. The molecule has 0 atom stereocenters. The first kappa shape index (κ1) is 17.2. The van der Waals surface area contributed by atoms with E-state index in [1.165, 1.54) is 56.7 Å². The summed E-state index contributed by atoms with van der Waals surface area (Å²) in [5.74, 6) is 0. The second kappa shape index (κ2) is 11.3. The molecule has 2 heteroatoms. The minimum absolute atomic E-state index is 1.05. The van der Waals surface area contributed by atoms with Crippen molar-refractivity contribution in [3.63, 3.8) is 0 Å². The fourth-order valence-corrected chi connectivity index (χ4v) is 6.93. The smallest absolute Gasteiger partial charge is 0.193 e. The number of hydrogen-bond donors (Lipinski definition) is 0. The predicted molar refractivity (Wildman–Crippen MR) is 80.6 cm³/mol. The first-order valence-electron chi connectivity index (χ1n) is 7.74. The van der Waals surface area contributed by atoms with Crippen LogP contribution in [0.3, 0.4) is 0 Å². The third-order valence-corrected chi connectivity index (χ3v) is 7.92. The maximum atomic E-state index is 6.30. The van der Waals surface area contributed by atoms with E-state index in [9.17, 15) is 0 Å². The molecular formula is C15H33OSi. The van der Waals surface area contributed by atoms with Crippen molar-refractivity contribution < 1.29 is 4.43 Å². The molecule has 0 unspecified atom stereocenters. The summed E-state index contributed by atoms with van der Waals surface area (Å²) in [5.41, 5.74) is 0. The van der Waals surface area contributed by atoms with Gasteiger partial charge in [-0.3, -0.25) is 0 Å². The fourth-order valence-electron chi connectivity index (χ4n) is 2.31. The maximum Gasteiger partial charge on any atom is 0.193 e. The molecule has 103 valence electrons. The molecule has 1 radical (unpaired) electrons. The Kier molecular flexibility index (Phi) is 11.4. The number of hydrogen-bond acceptors (Lipinski definition) is 1. The Bertz CT molecular complexity index is 121. The summed E-state index contributed by atoms with van der Waals surface area (Å²) < 4.78 is 6.30. The highest BCUT2D eigenvalue weighted by atomic mass is 28.4. The molecule has 0 N–H and O–H groups in total. The van der Waals surface area contributed by atoms with Gasteiger partial charge in [0.25, 0.3) is 0 Å². The Labute approximate surface area is 110 Å². The fraction of sp³-hybridized carbons (Fsp3) is 0.933. The van der Waals surface area contributed by atoms with Crippen LogP contribution in [-0.2, 0) is 4.43 Å². The SMILES string of the molecule is CC[CH]O[Si](CCCC)(CCCC)CCCC. The van der Waals surface area contributed by atoms with Crippen LogP contribution in [-0.4, -0.2) is 8.32 Å². The largest absolute Gasteiger partial charge is 0.411 e. The molecule has 17 heavy (non-hydrogen) atoms. The molecule has 0 aromatic carbocycles. The van der Waals surface area contributed by atoms with E-state index in [0.717, 1.165) is 6.42 Å². The Balaban J connectivity index is 4.39. The molecule has 0 spiro atoms. The van der Waals surface area contributed by atoms with Gasteiger partial charge >= 0.3 is 0 Å². The van der Waals surface area contributed by atoms with Gasteiger partial charge in [0.2, 0.25) is 0 Å². The normalized spacial score (nSPS) is 12.0. The Hall–Kier alpha value is 0.177. The molecule has 0 saturated heterocycles. The first-order chi connectivity index (χ1) is 8.24. The quantitative estimate of drug-likeness (QED) is 0.394. The van der Waals surface area contributed by atoms with Gasteiger partial charge in [0.15, 0.2) is 8.32 Å². The molecule has 0 aromatic heterocycles. The van der Waals surface area contributed by atoms with E-state index < -0.39 is 8.32 Å². The van der Waals surface area contributed by atoms with Gasteiger partial charge in [-0.05, 0) is 24.6 Å². The van der Waals surface area contributed by atoms with E-state index >= 15 is 0 Å². The Morgan fingerprint density at radius 2 is 1.18 bits per heavy atom. The highest BCUT2D eigenvalue weighted by molar-refractivity contribution is 6.73. The number of rotatable bonds is 12. The van der Waals surface area contributed by atoms with E-state index in [2.05, 4.69) is 34.3 Å². The zero-order chi connectivity index (χ0) is 13.0. The lowest BCUT2D eigenvalue weighted by Crippen LogP contribution is -2.37. The highest BCUT2D eigenvalue weighted by Crippen LogP contribution is 2.30. The zero-order valence-electron chi connectivity index (χ0n) is 12.6. The van der Waals surface area contributed by atoms with Crippen LogP contribution in [0.5, 0.6) is 0 Å². The standard InChI is InChI=1S/C15H33OSi/c1-5-9-13-17(14-10-6-2,15-11-7-3)16-12-8-4/h12H,5-11,13-15H2,1-4H3. The highest BCUT2D eigenvalue weighted by Gasteiger charge is 2.32. The van der Waals surface area contributed by atoms with E-state index in [1.54, 1.807) is 0 Å². The van der Waals surface area contributed by atoms with Gasteiger partial charge in [-0.1, -0.05) is 66.2 Å². The molecular weight excluding hydrogens is 224 g/mol. The van der Waals surface area contributed by atoms with Gasteiger partial charge in [0.1, 0.15) is 0 Å². The molecule has 0 heterocycles. The van der Waals surface area contributed by atoms with Crippen LogP contribution in [0.15, 0.2) is 0 Å². The number of unbranched alkanes of at least 4 members (excludes halogenated alkanes) is 3. The van der Waals surface area contributed by atoms with Gasteiger partial charge in [0, 0.05) is 0 Å². The van der Waals surface area contributed by atoms with Crippen molar-refractivity contribution in [2.45, 2.75) is 90.8 Å². The van der Waals surface area contributed by atoms with Crippen molar-refractivity contribution in [2.75, 3.05) is 0 Å². The first-order valence-corrected chi connectivity index (χ1v) is 10.3. The lowest BCUT2D eigenvalue weighted by atomic mass is 10.4. The van der Waals surface area contributed by atoms with E-state index in [0.29, 0.717) is 0 Å². The van der Waals surface area contributed by atoms with Gasteiger partial charge < -0.3 is 4.43 Å². The minimum atomic E-state index is -1.43. The molecule has 1 nitrogen and oxygen atoms in total. The molecule has 0 saturated carbocycles. The molecule has 0 aliphatic carbocycles. The molecule has 0 aliphatic heterocycles. The van der Waals surface area contributed by atoms with Gasteiger partial charge in [-0.15, -0.1) is 0 Å². The molecule has 0 bridgehead atoms. The lowest BCUT2D eigenvalue weighted by Gasteiger charge is -2.31. The van der Waals surface area contributed by atoms with E-state index in [4.69, 9.17) is 4.43 Å². The Morgan fingerprint density at radius 1 is 0.765 bits per heavy atom. The topological polar surface area (TPSA) is 9.23 Å². The molecule has 0 aliphatic rings. The predicted octanol–water partition coefficient (Wildman–Crippen LogP) is 5.92. The molecule has 0 rings (SSSR count). The van der Waals surface area contributed by atoms with Crippen LogP contribution >= 0.6 is 0 Å². The maximum absolute atomic E-state index is 6.30. The zero-order valence-corrected chi connectivity index (χ0v) is 13.6. The average Bonchev–Trinajstić information content (AvgIpc) is 2.37. The van der Waals surface area contributed by atoms with Gasteiger partial charge in [-0.25, -0.2) is 0 Å². The minimum Gasteiger partial charge on any atom is -0.411 e. The third-order valence-electron chi connectivity index (χ3n) is 3.46. The summed E-state index contributed by atoms with van der Waals surface area (Å²) >= 11 is 0. The van der Waals surface area contributed by atoms with Crippen LogP contribution < -0.4 is 0 Å². The molecule has 0 aromatic rings. The summed E-state index contributed by atoms with van der Waals surface area (Å²) in [6.07, 6.45) is 9.05. The van der Waals surface area contributed by atoms with Crippen molar-refractivity contribution in [2.24, 2.45) is 0 Å². The third kappa shape index (κ3) is 7.99. The van der Waals surface area contributed by atoms with Crippen LogP contribution in [0.4, 0.5) is 0 Å². The van der Waals surface area contributed by atoms with Crippen LogP contribution in [0.1, 0.15) is 72.6 Å². The van der Waals surface area contributed by atoms with Crippen molar-refractivity contribution in [1.82, 2.24) is 0 Å². The van der Waals surface area contributed by atoms with Gasteiger partial charge in [-0.2, -0.15) is 0 Å². The second-order valence-corrected chi connectivity index (χ2v) is 9.29. The van der Waals surface area contributed by atoms with E-state index in [-0.39, 0.29) is 0 Å². The van der Waals surface area contributed by atoms with Crippen molar-refractivity contribution in [1.29, 1.82) is 0 Å². The van der Waals surface area contributed by atoms with Crippen molar-refractivity contribution in [3.05, 3.63) is 6.61 Å². The van der Waals surface area contributed by atoms with E-state index in [1.807, 2.05) is 0 Å². The van der Waals surface area contributed by atoms with Crippen molar-refractivity contribution >= 4 is 8.32 Å². The van der Waals surface area contributed by atoms with Crippen LogP contribution in [0.2, 0.25) is 18.1 Å². The second-order valence-electron chi connectivity index (χ2n) is 5.19. The average molecular weight is 258 g/mol. The monoisotopic (exact) mass is 257 g/mol.